The number of aliphatic carboxylic acids is 1. The van der Waals surface area contributed by atoms with Gasteiger partial charge in [-0.15, -0.1) is 0 Å². The molecule has 0 fully saturated rings. The Hall–Kier alpha value is -2.40. The molecule has 0 spiro atoms. The first-order valence-electron chi connectivity index (χ1n) is 8.80. The Morgan fingerprint density at radius 2 is 1.50 bits per heavy atom. The van der Waals surface area contributed by atoms with Gasteiger partial charge in [0.05, 0.1) is 16.2 Å². The summed E-state index contributed by atoms with van der Waals surface area (Å²) in [5, 5.41) is 9.27. The van der Waals surface area contributed by atoms with Gasteiger partial charge in [0.25, 0.3) is 0 Å². The van der Waals surface area contributed by atoms with Gasteiger partial charge < -0.3 is 5.11 Å². The normalized spacial score (nSPS) is 15.1. The van der Waals surface area contributed by atoms with E-state index in [1.54, 1.807) is 0 Å². The van der Waals surface area contributed by atoms with Crippen molar-refractivity contribution in [2.24, 2.45) is 0 Å². The summed E-state index contributed by atoms with van der Waals surface area (Å²) in [5.74, 6) is -1.15. The Bertz CT molecular complexity index is 910. The first kappa shape index (κ1) is 18.4. The fourth-order valence-electron chi connectivity index (χ4n) is 3.32. The Balaban J connectivity index is 1.73. The average molecular weight is 370 g/mol. The van der Waals surface area contributed by atoms with Crippen LogP contribution in [0.4, 0.5) is 0 Å². The molecule has 26 heavy (non-hydrogen) atoms. The predicted molar refractivity (Wildman–Crippen MR) is 102 cm³/mol. The Kier molecular flexibility index (Phi) is 5.57. The third kappa shape index (κ3) is 4.22. The zero-order chi connectivity index (χ0) is 18.6. The van der Waals surface area contributed by atoms with Gasteiger partial charge in [0, 0.05) is 0 Å². The molecule has 136 valence electrons. The van der Waals surface area contributed by atoms with E-state index in [1.165, 1.54) is 0 Å². The van der Waals surface area contributed by atoms with Crippen LogP contribution in [0.5, 0.6) is 0 Å². The first-order chi connectivity index (χ1) is 12.5. The molecule has 0 bridgehead atoms. The van der Waals surface area contributed by atoms with Crippen LogP contribution in [-0.4, -0.2) is 25.2 Å². The van der Waals surface area contributed by atoms with E-state index in [2.05, 4.69) is 0 Å². The van der Waals surface area contributed by atoms with Crippen LogP contribution in [0.3, 0.4) is 0 Å². The maximum atomic E-state index is 12.6. The quantitative estimate of drug-likeness (QED) is 0.826. The van der Waals surface area contributed by atoms with Crippen LogP contribution >= 0.6 is 0 Å². The fourth-order valence-corrected chi connectivity index (χ4v) is 5.09. The maximum absolute atomic E-state index is 12.6. The second-order valence-corrected chi connectivity index (χ2v) is 8.68. The van der Waals surface area contributed by atoms with Gasteiger partial charge in [-0.25, -0.2) is 13.2 Å². The second kappa shape index (κ2) is 7.87. The van der Waals surface area contributed by atoms with Gasteiger partial charge in [-0.2, -0.15) is 0 Å². The van der Waals surface area contributed by atoms with Crippen molar-refractivity contribution in [3.8, 4) is 11.1 Å². The van der Waals surface area contributed by atoms with Gasteiger partial charge in [-0.3, -0.25) is 0 Å². The molecule has 4 nitrogen and oxygen atoms in total. The van der Waals surface area contributed by atoms with Crippen molar-refractivity contribution in [3.05, 3.63) is 70.6 Å². The van der Waals surface area contributed by atoms with Gasteiger partial charge in [0.15, 0.2) is 9.84 Å². The lowest BCUT2D eigenvalue weighted by molar-refractivity contribution is -0.132. The number of hydrogen-bond acceptors (Lipinski definition) is 3. The molecule has 0 aromatic heterocycles. The fraction of sp³-hybridized carbons (Fsp3) is 0.286. The van der Waals surface area contributed by atoms with Gasteiger partial charge in [0.2, 0.25) is 0 Å². The standard InChI is InChI=1S/C21H22O4S/c22-21(23)19-8-4-5-9-20(19)26(24,25)15-14-16-10-12-18(13-11-16)17-6-2-1-3-7-17/h1-3,6-7,10-13H,4-5,8-9,14-15H2,(H,22,23). The number of carboxylic acid groups (broad SMARTS) is 1. The SMILES string of the molecule is O=C(O)C1=C(S(=O)(=O)CCc2ccc(-c3ccccc3)cc2)CCCC1. The molecule has 0 radical (unpaired) electrons. The Labute approximate surface area is 154 Å². The number of carbonyl (C=O) groups is 1. The molecule has 0 unspecified atom stereocenters. The summed E-state index contributed by atoms with van der Waals surface area (Å²) in [4.78, 5) is 11.5. The highest BCUT2D eigenvalue weighted by atomic mass is 32.2. The van der Waals surface area contributed by atoms with Gasteiger partial charge >= 0.3 is 5.97 Å². The molecule has 2 aromatic carbocycles. The minimum Gasteiger partial charge on any atom is -0.478 e. The second-order valence-electron chi connectivity index (χ2n) is 6.55. The van der Waals surface area contributed by atoms with Crippen molar-refractivity contribution < 1.29 is 18.3 Å². The highest BCUT2D eigenvalue weighted by molar-refractivity contribution is 7.95. The molecule has 1 aliphatic carbocycles. The van der Waals surface area contributed by atoms with Gasteiger partial charge in [-0.1, -0.05) is 54.6 Å². The van der Waals surface area contributed by atoms with E-state index in [1.807, 2.05) is 54.6 Å². The highest BCUT2D eigenvalue weighted by Crippen LogP contribution is 2.30. The van der Waals surface area contributed by atoms with Crippen LogP contribution in [0.15, 0.2) is 65.1 Å². The smallest absolute Gasteiger partial charge is 0.332 e. The zero-order valence-corrected chi connectivity index (χ0v) is 15.3. The van der Waals surface area contributed by atoms with Crippen LogP contribution in [0.25, 0.3) is 11.1 Å². The monoisotopic (exact) mass is 370 g/mol. The van der Waals surface area contributed by atoms with E-state index < -0.39 is 15.8 Å². The van der Waals surface area contributed by atoms with E-state index in [-0.39, 0.29) is 16.2 Å². The third-order valence-electron chi connectivity index (χ3n) is 4.77. The summed E-state index contributed by atoms with van der Waals surface area (Å²) in [6, 6.07) is 17.8. The predicted octanol–water partition coefficient (Wildman–Crippen LogP) is 4.22. The summed E-state index contributed by atoms with van der Waals surface area (Å²) < 4.78 is 25.3. The van der Waals surface area contributed by atoms with E-state index in [9.17, 15) is 18.3 Å². The van der Waals surface area contributed by atoms with E-state index in [4.69, 9.17) is 0 Å². The minimum atomic E-state index is -3.54. The number of benzene rings is 2. The third-order valence-corrected chi connectivity index (χ3v) is 6.71. The molecule has 5 heteroatoms. The molecular formula is C21H22O4S. The number of carboxylic acids is 1. The number of aryl methyl sites for hydroxylation is 1. The summed E-state index contributed by atoms with van der Waals surface area (Å²) in [5.41, 5.74) is 3.21. The van der Waals surface area contributed by atoms with E-state index in [0.29, 0.717) is 19.3 Å². The average Bonchev–Trinajstić information content (AvgIpc) is 2.67. The molecule has 0 amide bonds. The summed E-state index contributed by atoms with van der Waals surface area (Å²) in [6.45, 7) is 0. The summed E-state index contributed by atoms with van der Waals surface area (Å²) in [6.07, 6.45) is 2.54. The number of sulfone groups is 1. The molecule has 0 heterocycles. The van der Waals surface area contributed by atoms with Crippen molar-refractivity contribution >= 4 is 15.8 Å². The Morgan fingerprint density at radius 1 is 0.885 bits per heavy atom. The first-order valence-corrected chi connectivity index (χ1v) is 10.4. The molecular weight excluding hydrogens is 348 g/mol. The summed E-state index contributed by atoms with van der Waals surface area (Å²) >= 11 is 0. The van der Waals surface area contributed by atoms with Gasteiger partial charge in [0.1, 0.15) is 0 Å². The Morgan fingerprint density at radius 3 is 2.15 bits per heavy atom. The largest absolute Gasteiger partial charge is 0.478 e. The molecule has 1 N–H and O–H groups in total. The van der Waals surface area contributed by atoms with Crippen molar-refractivity contribution in [2.75, 3.05) is 5.75 Å². The van der Waals surface area contributed by atoms with Crippen LogP contribution in [0.2, 0.25) is 0 Å². The van der Waals surface area contributed by atoms with Crippen LogP contribution in [0, 0.1) is 0 Å². The van der Waals surface area contributed by atoms with Crippen molar-refractivity contribution in [2.45, 2.75) is 32.1 Å². The lowest BCUT2D eigenvalue weighted by Gasteiger charge is -2.17. The maximum Gasteiger partial charge on any atom is 0.332 e. The number of rotatable bonds is 6. The van der Waals surface area contributed by atoms with E-state index in [0.717, 1.165) is 29.5 Å². The van der Waals surface area contributed by atoms with Crippen LogP contribution in [-0.2, 0) is 21.1 Å². The topological polar surface area (TPSA) is 71.4 Å². The molecule has 0 atom stereocenters. The van der Waals surface area contributed by atoms with Gasteiger partial charge in [-0.05, 0) is 48.8 Å². The van der Waals surface area contributed by atoms with Crippen LogP contribution < -0.4 is 0 Å². The molecule has 0 aliphatic heterocycles. The van der Waals surface area contributed by atoms with Crippen molar-refractivity contribution in [1.82, 2.24) is 0 Å². The van der Waals surface area contributed by atoms with Crippen molar-refractivity contribution in [1.29, 1.82) is 0 Å². The molecule has 0 saturated carbocycles. The van der Waals surface area contributed by atoms with Crippen LogP contribution in [0.1, 0.15) is 31.2 Å². The molecule has 0 saturated heterocycles. The highest BCUT2D eigenvalue weighted by Gasteiger charge is 2.27. The van der Waals surface area contributed by atoms with E-state index >= 15 is 0 Å². The van der Waals surface area contributed by atoms with Crippen molar-refractivity contribution in [3.63, 3.8) is 0 Å². The number of hydrogen-bond donors (Lipinski definition) is 1. The lowest BCUT2D eigenvalue weighted by Crippen LogP contribution is -2.19. The summed E-state index contributed by atoms with van der Waals surface area (Å²) in [7, 11) is -3.54. The molecule has 2 aromatic rings. The number of allylic oxidation sites excluding steroid dienone is 1. The zero-order valence-electron chi connectivity index (χ0n) is 14.5. The molecule has 1 aliphatic rings. The molecule has 3 rings (SSSR count). The lowest BCUT2D eigenvalue weighted by atomic mass is 9.99. The minimum absolute atomic E-state index is 0.0518.